The Morgan fingerprint density at radius 3 is 2.47 bits per heavy atom. The summed E-state index contributed by atoms with van der Waals surface area (Å²) in [5.74, 6) is -1.30. The van der Waals surface area contributed by atoms with Crippen molar-refractivity contribution < 1.29 is 19.5 Å². The molecule has 1 aromatic heterocycles. The van der Waals surface area contributed by atoms with Crippen LogP contribution in [0.25, 0.3) is 0 Å². The van der Waals surface area contributed by atoms with Crippen LogP contribution in [0.4, 0.5) is 11.9 Å². The molecule has 34 heavy (non-hydrogen) atoms. The Morgan fingerprint density at radius 2 is 1.76 bits per heavy atom. The van der Waals surface area contributed by atoms with E-state index in [2.05, 4.69) is 36.2 Å². The first-order valence-corrected chi connectivity index (χ1v) is 11.2. The summed E-state index contributed by atoms with van der Waals surface area (Å²) in [5.41, 5.74) is 6.20. The fourth-order valence-electron chi connectivity index (χ4n) is 3.36. The zero-order valence-electron chi connectivity index (χ0n) is 18.5. The summed E-state index contributed by atoms with van der Waals surface area (Å²) in [6.45, 7) is 2.06. The first-order valence-electron chi connectivity index (χ1n) is 10.8. The molecule has 0 unspecified atom stereocenters. The van der Waals surface area contributed by atoms with Gasteiger partial charge < -0.3 is 32.1 Å². The molecule has 7 N–H and O–H groups in total. The van der Waals surface area contributed by atoms with Crippen molar-refractivity contribution in [2.45, 2.75) is 50.7 Å². The van der Waals surface area contributed by atoms with Gasteiger partial charge in [-0.3, -0.25) is 14.4 Å². The number of anilines is 2. The smallest absolute Gasteiger partial charge is 0.243 e. The Morgan fingerprint density at radius 1 is 1.06 bits per heavy atom. The average molecular weight is 491 g/mol. The predicted octanol–water partition coefficient (Wildman–Crippen LogP) is 0.324. The highest BCUT2D eigenvalue weighted by molar-refractivity contribution is 6.28. The van der Waals surface area contributed by atoms with E-state index in [0.717, 1.165) is 0 Å². The topological polar surface area (TPSA) is 184 Å². The largest absolute Gasteiger partial charge is 0.508 e. The maximum atomic E-state index is 13.1. The van der Waals surface area contributed by atoms with Crippen molar-refractivity contribution in [1.29, 1.82) is 0 Å². The Hall–Kier alpha value is -3.67. The highest BCUT2D eigenvalue weighted by Gasteiger charge is 2.28. The summed E-state index contributed by atoms with van der Waals surface area (Å²) in [6, 6.07) is 3.52. The number of nitrogens with one attached hydrogen (secondary N) is 4. The molecule has 3 atom stereocenters. The van der Waals surface area contributed by atoms with E-state index in [1.54, 1.807) is 19.1 Å². The van der Waals surface area contributed by atoms with Crippen molar-refractivity contribution in [1.82, 2.24) is 25.6 Å². The van der Waals surface area contributed by atoms with Crippen molar-refractivity contribution >= 4 is 41.2 Å². The number of hydrogen-bond acceptors (Lipinski definition) is 9. The van der Waals surface area contributed by atoms with E-state index in [4.69, 9.17) is 17.3 Å². The molecule has 3 amide bonds. The van der Waals surface area contributed by atoms with E-state index in [1.165, 1.54) is 12.1 Å². The quantitative estimate of drug-likeness (QED) is 0.352. The van der Waals surface area contributed by atoms with Gasteiger partial charge in [-0.25, -0.2) is 0 Å². The summed E-state index contributed by atoms with van der Waals surface area (Å²) < 4.78 is 0. The summed E-state index contributed by atoms with van der Waals surface area (Å²) >= 11 is 5.98. The Bertz CT molecular complexity index is 1040. The van der Waals surface area contributed by atoms with E-state index in [-0.39, 0.29) is 29.4 Å². The van der Waals surface area contributed by atoms with Crippen LogP contribution in [0.3, 0.4) is 0 Å². The number of nitrogens with two attached hydrogens (primary N) is 1. The second-order valence-electron chi connectivity index (χ2n) is 7.94. The van der Waals surface area contributed by atoms with Crippen LogP contribution in [0.15, 0.2) is 24.3 Å². The van der Waals surface area contributed by atoms with Crippen molar-refractivity contribution in [3.63, 3.8) is 0 Å². The van der Waals surface area contributed by atoms with Crippen LogP contribution in [-0.4, -0.2) is 62.5 Å². The van der Waals surface area contributed by atoms with Crippen LogP contribution in [0.5, 0.6) is 5.75 Å². The number of benzene rings is 1. The zero-order chi connectivity index (χ0) is 24.7. The molecule has 0 aliphatic carbocycles. The fraction of sp³-hybridized carbons (Fsp3) is 0.429. The van der Waals surface area contributed by atoms with Crippen molar-refractivity contribution in [3.05, 3.63) is 35.1 Å². The molecule has 0 saturated carbocycles. The van der Waals surface area contributed by atoms with Gasteiger partial charge in [0.15, 0.2) is 0 Å². The molecule has 13 heteroatoms. The molecular weight excluding hydrogens is 464 g/mol. The molecule has 1 aliphatic heterocycles. The Kier molecular flexibility index (Phi) is 8.41. The number of primary amides is 1. The van der Waals surface area contributed by atoms with E-state index < -0.39 is 35.8 Å². The van der Waals surface area contributed by atoms with E-state index >= 15 is 0 Å². The van der Waals surface area contributed by atoms with Gasteiger partial charge in [-0.1, -0.05) is 12.1 Å². The lowest BCUT2D eigenvalue weighted by atomic mass is 10.0. The van der Waals surface area contributed by atoms with Crippen LogP contribution < -0.4 is 27.0 Å². The van der Waals surface area contributed by atoms with Gasteiger partial charge in [-0.2, -0.15) is 15.0 Å². The molecule has 1 aliphatic rings. The number of aromatic hydroxyl groups is 1. The van der Waals surface area contributed by atoms with Gasteiger partial charge >= 0.3 is 0 Å². The maximum Gasteiger partial charge on any atom is 0.243 e. The molecule has 0 radical (unpaired) electrons. The number of nitrogens with zero attached hydrogens (tertiary/aromatic N) is 3. The molecule has 3 rings (SSSR count). The average Bonchev–Trinajstić information content (AvgIpc) is 2.77. The van der Waals surface area contributed by atoms with Gasteiger partial charge in [0, 0.05) is 13.0 Å². The van der Waals surface area contributed by atoms with Gasteiger partial charge in [0.1, 0.15) is 23.9 Å². The molecule has 2 heterocycles. The minimum Gasteiger partial charge on any atom is -0.508 e. The molecule has 182 valence electrons. The van der Waals surface area contributed by atoms with Crippen molar-refractivity contribution in [2.24, 2.45) is 5.73 Å². The normalized spacial score (nSPS) is 22.0. The summed E-state index contributed by atoms with van der Waals surface area (Å²) in [5, 5.41) is 20.7. The minimum atomic E-state index is -1.00. The lowest BCUT2D eigenvalue weighted by molar-refractivity contribution is -0.131. The SMILES string of the molecule is C[C@@H]1Nc2nc(Cl)nc(n2)NCCCC[C@H](C(N)=O)NC(=O)[C@H](Cc2ccc(O)cc2)NC1=O. The lowest BCUT2D eigenvalue weighted by Gasteiger charge is -2.24. The zero-order valence-corrected chi connectivity index (χ0v) is 19.3. The number of carbonyl (C=O) groups excluding carboxylic acids is 3. The number of phenolic OH excluding ortho intramolecular Hbond substituents is 1. The predicted molar refractivity (Wildman–Crippen MR) is 125 cm³/mol. The second kappa shape index (κ2) is 11.5. The van der Waals surface area contributed by atoms with Gasteiger partial charge in [0.05, 0.1) is 0 Å². The van der Waals surface area contributed by atoms with E-state index in [0.29, 0.717) is 31.4 Å². The number of rotatable bonds is 3. The number of aromatic nitrogens is 3. The fourth-order valence-corrected chi connectivity index (χ4v) is 3.52. The molecular formula is C21H27ClN8O4. The first-order chi connectivity index (χ1) is 16.2. The van der Waals surface area contributed by atoms with Crippen LogP contribution in [-0.2, 0) is 20.8 Å². The Balaban J connectivity index is 1.86. The molecule has 0 fully saturated rings. The third-order valence-electron chi connectivity index (χ3n) is 5.22. The Labute approximate surface area is 201 Å². The summed E-state index contributed by atoms with van der Waals surface area (Å²) in [6.07, 6.45) is 1.68. The minimum absolute atomic E-state index is 0.0490. The van der Waals surface area contributed by atoms with Gasteiger partial charge in [-0.05, 0) is 55.5 Å². The number of phenols is 1. The van der Waals surface area contributed by atoms with Gasteiger partial charge in [0.25, 0.3) is 0 Å². The standard InChI is InChI=1S/C21H27ClN8O4/c1-11-17(33)27-15(10-12-5-7-13(31)8-6-12)18(34)26-14(16(23)32)4-2-3-9-24-20-28-19(22)29-21(25-11)30-20/h5-8,11,14-15,31H,2-4,9-10H2,1H3,(H2,23,32)(H,26,34)(H,27,33)(H2,24,25,28,29,30)/t11-,14+,15-/m0/s1. The molecule has 0 saturated heterocycles. The van der Waals surface area contributed by atoms with Gasteiger partial charge in [0.2, 0.25) is 34.9 Å². The monoisotopic (exact) mass is 490 g/mol. The second-order valence-corrected chi connectivity index (χ2v) is 8.27. The van der Waals surface area contributed by atoms with Crippen LogP contribution in [0, 0.1) is 0 Å². The summed E-state index contributed by atoms with van der Waals surface area (Å²) in [7, 11) is 0. The molecule has 12 nitrogen and oxygen atoms in total. The lowest BCUT2D eigenvalue weighted by Crippen LogP contribution is -2.55. The van der Waals surface area contributed by atoms with Crippen molar-refractivity contribution in [2.75, 3.05) is 17.2 Å². The van der Waals surface area contributed by atoms with Gasteiger partial charge in [-0.15, -0.1) is 0 Å². The van der Waals surface area contributed by atoms with E-state index in [1.807, 2.05) is 0 Å². The van der Waals surface area contributed by atoms with E-state index in [9.17, 15) is 19.5 Å². The molecule has 2 aromatic rings. The molecule has 2 bridgehead atoms. The maximum absolute atomic E-state index is 13.1. The third kappa shape index (κ3) is 7.17. The number of halogens is 1. The highest BCUT2D eigenvalue weighted by atomic mass is 35.5. The molecule has 0 spiro atoms. The highest BCUT2D eigenvalue weighted by Crippen LogP contribution is 2.14. The van der Waals surface area contributed by atoms with Crippen LogP contribution >= 0.6 is 11.6 Å². The van der Waals surface area contributed by atoms with Crippen LogP contribution in [0.1, 0.15) is 31.7 Å². The van der Waals surface area contributed by atoms with Crippen molar-refractivity contribution in [3.8, 4) is 5.75 Å². The third-order valence-corrected chi connectivity index (χ3v) is 5.39. The number of carbonyl (C=O) groups is 3. The van der Waals surface area contributed by atoms with Crippen LogP contribution in [0.2, 0.25) is 5.28 Å². The number of hydrogen-bond donors (Lipinski definition) is 6. The first kappa shape index (κ1) is 25.0. The number of fused-ring (bicyclic) bond motifs is 2. The number of amides is 3. The summed E-state index contributed by atoms with van der Waals surface area (Å²) in [4.78, 5) is 50.1. The molecule has 1 aromatic carbocycles.